The summed E-state index contributed by atoms with van der Waals surface area (Å²) in [6, 6.07) is 6.91. The van der Waals surface area contributed by atoms with Gasteiger partial charge in [0.05, 0.1) is 12.2 Å². The van der Waals surface area contributed by atoms with E-state index in [0.29, 0.717) is 17.9 Å². The first-order chi connectivity index (χ1) is 13.0. The van der Waals surface area contributed by atoms with Crippen LogP contribution in [-0.2, 0) is 11.3 Å². The largest absolute Gasteiger partial charge is 0.493 e. The molecule has 27 heavy (non-hydrogen) atoms. The van der Waals surface area contributed by atoms with Crippen molar-refractivity contribution in [3.8, 4) is 5.75 Å². The summed E-state index contributed by atoms with van der Waals surface area (Å²) in [5.74, 6) is -0.582. The lowest BCUT2D eigenvalue weighted by Gasteiger charge is -2.21. The third kappa shape index (κ3) is 5.04. The number of allylic oxidation sites excluding steroid dienone is 1. The summed E-state index contributed by atoms with van der Waals surface area (Å²) in [5.41, 5.74) is 0.704. The van der Waals surface area contributed by atoms with Gasteiger partial charge in [0.1, 0.15) is 18.2 Å². The van der Waals surface area contributed by atoms with Crippen molar-refractivity contribution >= 4 is 18.5 Å². The number of aromatic carboxylic acids is 1. The van der Waals surface area contributed by atoms with E-state index in [0.717, 1.165) is 0 Å². The number of hydrogen-bond donors (Lipinski definition) is 1. The number of halogens is 1. The van der Waals surface area contributed by atoms with E-state index in [1.165, 1.54) is 35.5 Å². The van der Waals surface area contributed by atoms with E-state index >= 15 is 0 Å². The van der Waals surface area contributed by atoms with Gasteiger partial charge in [-0.1, -0.05) is 0 Å². The summed E-state index contributed by atoms with van der Waals surface area (Å²) in [6.07, 6.45) is 2.99. The molecule has 7 nitrogen and oxygen atoms in total. The number of ether oxygens (including phenoxy) is 2. The molecule has 0 saturated carbocycles. The number of hydrazone groups is 1. The fourth-order valence-electron chi connectivity index (χ4n) is 2.28. The lowest BCUT2D eigenvalue weighted by atomic mass is 10.2. The Hall–Kier alpha value is -3.42. The standard InChI is InChI=1S/C19H20FN3O4/c1-4-18(23(21-3)17-10-13(19(24)25)8-9-22-17)27-12-14-6-7-15(20)11-16(14)26-5-2/h4,6-11H,3,5,12H2,1-2H3,(H,24,25)/b18-4+. The molecular weight excluding hydrogens is 353 g/mol. The Morgan fingerprint density at radius 1 is 1.41 bits per heavy atom. The summed E-state index contributed by atoms with van der Waals surface area (Å²) < 4.78 is 24.6. The Morgan fingerprint density at radius 3 is 2.81 bits per heavy atom. The maximum atomic E-state index is 13.4. The van der Waals surface area contributed by atoms with Crippen LogP contribution in [0.3, 0.4) is 0 Å². The highest BCUT2D eigenvalue weighted by molar-refractivity contribution is 5.88. The average molecular weight is 373 g/mol. The van der Waals surface area contributed by atoms with Gasteiger partial charge in [-0.3, -0.25) is 0 Å². The van der Waals surface area contributed by atoms with Crippen LogP contribution in [0.2, 0.25) is 0 Å². The van der Waals surface area contributed by atoms with Gasteiger partial charge < -0.3 is 14.6 Å². The van der Waals surface area contributed by atoms with Gasteiger partial charge >= 0.3 is 5.97 Å². The van der Waals surface area contributed by atoms with E-state index < -0.39 is 11.8 Å². The quantitative estimate of drug-likeness (QED) is 0.409. The van der Waals surface area contributed by atoms with Crippen molar-refractivity contribution in [2.24, 2.45) is 5.10 Å². The minimum Gasteiger partial charge on any atom is -0.493 e. The van der Waals surface area contributed by atoms with Crippen LogP contribution in [0.1, 0.15) is 29.8 Å². The third-order valence-electron chi connectivity index (χ3n) is 3.51. The monoisotopic (exact) mass is 373 g/mol. The molecule has 8 heteroatoms. The highest BCUT2D eigenvalue weighted by Crippen LogP contribution is 2.24. The SMILES string of the molecule is C=NN(/C(=C\C)OCc1ccc(F)cc1OCC)c1cc(C(=O)O)ccn1. The number of carboxylic acids is 1. The van der Waals surface area contributed by atoms with Crippen LogP contribution < -0.4 is 9.75 Å². The Labute approximate surface area is 156 Å². The number of hydrogen-bond acceptors (Lipinski definition) is 6. The molecule has 1 N–H and O–H groups in total. The Bertz CT molecular complexity index is 855. The number of carboxylic acid groups (broad SMARTS) is 1. The Balaban J connectivity index is 2.22. The summed E-state index contributed by atoms with van der Waals surface area (Å²) in [5, 5.41) is 14.3. The second-order valence-corrected chi connectivity index (χ2v) is 5.26. The molecule has 0 fully saturated rings. The van der Waals surface area contributed by atoms with Gasteiger partial charge in [0.25, 0.3) is 0 Å². The molecule has 0 saturated heterocycles. The number of aromatic nitrogens is 1. The third-order valence-corrected chi connectivity index (χ3v) is 3.51. The second-order valence-electron chi connectivity index (χ2n) is 5.26. The van der Waals surface area contributed by atoms with Crippen molar-refractivity contribution in [2.75, 3.05) is 11.6 Å². The lowest BCUT2D eigenvalue weighted by Crippen LogP contribution is -2.19. The van der Waals surface area contributed by atoms with Crippen LogP contribution in [0.15, 0.2) is 53.6 Å². The van der Waals surface area contributed by atoms with Gasteiger partial charge in [-0.15, -0.1) is 0 Å². The smallest absolute Gasteiger partial charge is 0.335 e. The maximum Gasteiger partial charge on any atom is 0.335 e. The molecule has 0 spiro atoms. The topological polar surface area (TPSA) is 84.2 Å². The first-order valence-corrected chi connectivity index (χ1v) is 8.16. The summed E-state index contributed by atoms with van der Waals surface area (Å²) in [7, 11) is 0. The minimum atomic E-state index is -1.08. The molecule has 142 valence electrons. The predicted octanol–water partition coefficient (Wildman–Crippen LogP) is 3.82. The van der Waals surface area contributed by atoms with Crippen LogP contribution in [0, 0.1) is 5.82 Å². The van der Waals surface area contributed by atoms with E-state index in [-0.39, 0.29) is 23.9 Å². The molecule has 2 aromatic rings. The van der Waals surface area contributed by atoms with Gasteiger partial charge in [0, 0.05) is 24.5 Å². The second kappa shape index (κ2) is 9.33. The van der Waals surface area contributed by atoms with Gasteiger partial charge in [0.15, 0.2) is 5.82 Å². The molecule has 0 bridgehead atoms. The predicted molar refractivity (Wildman–Crippen MR) is 99.3 cm³/mol. The number of benzene rings is 1. The maximum absolute atomic E-state index is 13.4. The number of rotatable bonds is 9. The van der Waals surface area contributed by atoms with Crippen molar-refractivity contribution in [1.82, 2.24) is 4.98 Å². The van der Waals surface area contributed by atoms with Crippen molar-refractivity contribution in [3.63, 3.8) is 0 Å². The van der Waals surface area contributed by atoms with Crippen LogP contribution >= 0.6 is 0 Å². The zero-order chi connectivity index (χ0) is 19.8. The highest BCUT2D eigenvalue weighted by Gasteiger charge is 2.16. The molecule has 1 heterocycles. The van der Waals surface area contributed by atoms with Gasteiger partial charge in [-0.05, 0) is 44.2 Å². The van der Waals surface area contributed by atoms with E-state index in [9.17, 15) is 9.18 Å². The van der Waals surface area contributed by atoms with Crippen molar-refractivity contribution in [1.29, 1.82) is 0 Å². The summed E-state index contributed by atoms with van der Waals surface area (Å²) in [6.45, 7) is 7.49. The fourth-order valence-corrected chi connectivity index (χ4v) is 2.28. The first-order valence-electron chi connectivity index (χ1n) is 8.16. The number of carbonyl (C=O) groups is 1. The minimum absolute atomic E-state index is 0.0567. The summed E-state index contributed by atoms with van der Waals surface area (Å²) in [4.78, 5) is 15.3. The zero-order valence-electron chi connectivity index (χ0n) is 15.1. The van der Waals surface area contributed by atoms with Gasteiger partial charge in [0.2, 0.25) is 5.88 Å². The van der Waals surface area contributed by atoms with Crippen molar-refractivity contribution < 1.29 is 23.8 Å². The molecule has 2 rings (SSSR count). The molecule has 1 aromatic carbocycles. The van der Waals surface area contributed by atoms with E-state index in [2.05, 4.69) is 16.8 Å². The van der Waals surface area contributed by atoms with Crippen molar-refractivity contribution in [3.05, 3.63) is 65.4 Å². The Morgan fingerprint density at radius 2 is 2.19 bits per heavy atom. The molecule has 1 aromatic heterocycles. The molecule has 0 amide bonds. The van der Waals surface area contributed by atoms with E-state index in [1.807, 2.05) is 0 Å². The van der Waals surface area contributed by atoms with Crippen molar-refractivity contribution in [2.45, 2.75) is 20.5 Å². The van der Waals surface area contributed by atoms with Crippen LogP contribution in [0.25, 0.3) is 0 Å². The fraction of sp³-hybridized carbons (Fsp3) is 0.211. The molecule has 0 aliphatic carbocycles. The average Bonchev–Trinajstić information content (AvgIpc) is 2.66. The molecule has 0 unspecified atom stereocenters. The van der Waals surface area contributed by atoms with E-state index in [1.54, 1.807) is 26.0 Å². The van der Waals surface area contributed by atoms with E-state index in [4.69, 9.17) is 14.6 Å². The molecule has 0 aliphatic rings. The number of anilines is 1. The molecular formula is C19H20FN3O4. The van der Waals surface area contributed by atoms with Gasteiger partial charge in [-0.2, -0.15) is 10.1 Å². The molecule has 0 radical (unpaired) electrons. The van der Waals surface area contributed by atoms with Crippen LogP contribution in [0.5, 0.6) is 5.75 Å². The number of pyridine rings is 1. The lowest BCUT2D eigenvalue weighted by molar-refractivity contribution is 0.0696. The zero-order valence-corrected chi connectivity index (χ0v) is 15.1. The summed E-state index contributed by atoms with van der Waals surface area (Å²) >= 11 is 0. The Kier molecular flexibility index (Phi) is 6.87. The first kappa shape index (κ1) is 19.9. The van der Waals surface area contributed by atoms with Crippen LogP contribution in [0.4, 0.5) is 10.2 Å². The van der Waals surface area contributed by atoms with Crippen LogP contribution in [-0.4, -0.2) is 29.4 Å². The van der Waals surface area contributed by atoms with Gasteiger partial charge in [-0.25, -0.2) is 14.2 Å². The molecule has 0 atom stereocenters. The molecule has 0 aliphatic heterocycles. The highest BCUT2D eigenvalue weighted by atomic mass is 19.1. The number of nitrogens with zero attached hydrogens (tertiary/aromatic N) is 3. The normalized spacial score (nSPS) is 11.0.